The molecule has 0 saturated heterocycles. The fourth-order valence-corrected chi connectivity index (χ4v) is 4.13. The number of aromatic nitrogens is 6. The molecule has 11 heteroatoms. The van der Waals surface area contributed by atoms with E-state index < -0.39 is 18.6 Å². The molecule has 1 aliphatic carbocycles. The molecule has 1 fully saturated rings. The molecule has 0 radical (unpaired) electrons. The van der Waals surface area contributed by atoms with Crippen molar-refractivity contribution in [1.29, 1.82) is 0 Å². The Labute approximate surface area is 216 Å². The van der Waals surface area contributed by atoms with Crippen LogP contribution in [0.15, 0.2) is 79.7 Å². The molecule has 0 unspecified atom stereocenters. The number of hydrogen-bond acceptors (Lipinski definition) is 5. The normalized spacial score (nSPS) is 14.4. The van der Waals surface area contributed by atoms with E-state index in [4.69, 9.17) is 0 Å². The van der Waals surface area contributed by atoms with Crippen LogP contribution in [0.3, 0.4) is 0 Å². The van der Waals surface area contributed by atoms with Crippen LogP contribution in [-0.4, -0.2) is 41.4 Å². The molecule has 4 heterocycles. The number of alkyl halides is 3. The van der Waals surface area contributed by atoms with Gasteiger partial charge in [-0.1, -0.05) is 12.7 Å². The summed E-state index contributed by atoms with van der Waals surface area (Å²) in [6, 6.07) is 6.78. The Kier molecular flexibility index (Phi) is 6.66. The number of hydrogen-bond donors (Lipinski definition) is 1. The van der Waals surface area contributed by atoms with E-state index in [0.29, 0.717) is 45.3 Å². The highest BCUT2D eigenvalue weighted by molar-refractivity contribution is 5.95. The van der Waals surface area contributed by atoms with Gasteiger partial charge < -0.3 is 14.5 Å². The Morgan fingerprint density at radius 2 is 2.03 bits per heavy atom. The summed E-state index contributed by atoms with van der Waals surface area (Å²) in [5.41, 5.74) is 3.18. The molecule has 1 N–H and O–H groups in total. The average Bonchev–Trinajstić information content (AvgIpc) is 3.47. The first-order valence-corrected chi connectivity index (χ1v) is 11.9. The summed E-state index contributed by atoms with van der Waals surface area (Å²) in [5.74, 6) is 0.184. The Hall–Kier alpha value is -4.54. The molecule has 0 atom stereocenters. The SMILES string of the molecule is C=C(/C=C(\C=C/C)NC(=O)c1cc(-c2cnc3ccn(CC(F)(F)F)c3c2)ccn1)c1nncn1C1CC1. The number of carbonyl (C=O) groups excluding carboxylic acids is 1. The van der Waals surface area contributed by atoms with Gasteiger partial charge in [0, 0.05) is 41.5 Å². The van der Waals surface area contributed by atoms with Gasteiger partial charge in [-0.15, -0.1) is 10.2 Å². The summed E-state index contributed by atoms with van der Waals surface area (Å²) in [4.78, 5) is 21.6. The smallest absolute Gasteiger partial charge is 0.337 e. The van der Waals surface area contributed by atoms with Gasteiger partial charge in [0.25, 0.3) is 5.91 Å². The number of fused-ring (bicyclic) bond motifs is 1. The van der Waals surface area contributed by atoms with Gasteiger partial charge in [-0.05, 0) is 61.7 Å². The predicted molar refractivity (Wildman–Crippen MR) is 137 cm³/mol. The molecule has 8 nitrogen and oxygen atoms in total. The van der Waals surface area contributed by atoms with Crippen molar-refractivity contribution in [2.24, 2.45) is 0 Å². The summed E-state index contributed by atoms with van der Waals surface area (Å²) in [6.07, 6.45) is 9.08. The molecule has 0 bridgehead atoms. The molecule has 4 aromatic heterocycles. The molecule has 1 aliphatic rings. The topological polar surface area (TPSA) is 90.5 Å². The third kappa shape index (κ3) is 5.56. The lowest BCUT2D eigenvalue weighted by molar-refractivity contribution is -0.139. The van der Waals surface area contributed by atoms with E-state index >= 15 is 0 Å². The Balaban J connectivity index is 1.38. The quantitative estimate of drug-likeness (QED) is 0.311. The second-order valence-electron chi connectivity index (χ2n) is 8.99. The van der Waals surface area contributed by atoms with Gasteiger partial charge in [0.15, 0.2) is 5.82 Å². The van der Waals surface area contributed by atoms with Gasteiger partial charge >= 0.3 is 6.18 Å². The van der Waals surface area contributed by atoms with Gasteiger partial charge in [0.2, 0.25) is 0 Å². The monoisotopic (exact) mass is 519 g/mol. The second-order valence-corrected chi connectivity index (χ2v) is 8.99. The maximum atomic E-state index is 13.1. The molecule has 5 rings (SSSR count). The molecule has 194 valence electrons. The average molecular weight is 520 g/mol. The molecule has 0 aliphatic heterocycles. The number of carbonyl (C=O) groups is 1. The van der Waals surface area contributed by atoms with Crippen molar-refractivity contribution in [1.82, 2.24) is 34.6 Å². The highest BCUT2D eigenvalue weighted by atomic mass is 19.4. The van der Waals surface area contributed by atoms with Crippen molar-refractivity contribution in [3.63, 3.8) is 0 Å². The van der Waals surface area contributed by atoms with Crippen LogP contribution in [0.5, 0.6) is 0 Å². The molecular formula is C27H24F3N7O. The lowest BCUT2D eigenvalue weighted by Crippen LogP contribution is -2.23. The van der Waals surface area contributed by atoms with Crippen LogP contribution in [0.2, 0.25) is 0 Å². The van der Waals surface area contributed by atoms with Crippen LogP contribution < -0.4 is 5.32 Å². The van der Waals surface area contributed by atoms with Crippen LogP contribution in [0, 0.1) is 0 Å². The number of nitrogens with one attached hydrogen (secondary N) is 1. The minimum atomic E-state index is -4.36. The maximum Gasteiger partial charge on any atom is 0.406 e. The molecule has 4 aromatic rings. The minimum Gasteiger partial charge on any atom is -0.337 e. The van der Waals surface area contributed by atoms with E-state index in [1.54, 1.807) is 49.0 Å². The lowest BCUT2D eigenvalue weighted by atomic mass is 10.1. The fraction of sp³-hybridized carbons (Fsp3) is 0.222. The highest BCUT2D eigenvalue weighted by Gasteiger charge is 2.28. The van der Waals surface area contributed by atoms with E-state index in [1.165, 1.54) is 18.5 Å². The number of rotatable bonds is 8. The zero-order chi connectivity index (χ0) is 26.9. The van der Waals surface area contributed by atoms with Crippen LogP contribution in [0.25, 0.3) is 27.7 Å². The molecule has 0 spiro atoms. The van der Waals surface area contributed by atoms with Crippen molar-refractivity contribution in [3.05, 3.63) is 91.2 Å². The number of allylic oxidation sites excluding steroid dienone is 4. The zero-order valence-electron chi connectivity index (χ0n) is 20.5. The summed E-state index contributed by atoms with van der Waals surface area (Å²) < 4.78 is 42.0. The Morgan fingerprint density at radius 1 is 1.21 bits per heavy atom. The number of halogens is 3. The van der Waals surface area contributed by atoms with Crippen LogP contribution >= 0.6 is 0 Å². The molecule has 38 heavy (non-hydrogen) atoms. The van der Waals surface area contributed by atoms with E-state index in [1.807, 2.05) is 11.5 Å². The molecule has 1 saturated carbocycles. The van der Waals surface area contributed by atoms with Gasteiger partial charge in [-0.25, -0.2) is 0 Å². The third-order valence-corrected chi connectivity index (χ3v) is 6.03. The maximum absolute atomic E-state index is 13.1. The van der Waals surface area contributed by atoms with Crippen molar-refractivity contribution >= 4 is 22.5 Å². The Morgan fingerprint density at radius 3 is 2.76 bits per heavy atom. The largest absolute Gasteiger partial charge is 0.406 e. The van der Waals surface area contributed by atoms with Gasteiger partial charge in [-0.3, -0.25) is 14.8 Å². The second kappa shape index (κ2) is 10.1. The number of amides is 1. The first-order chi connectivity index (χ1) is 18.2. The van der Waals surface area contributed by atoms with E-state index in [9.17, 15) is 18.0 Å². The predicted octanol–water partition coefficient (Wildman–Crippen LogP) is 5.49. The zero-order valence-corrected chi connectivity index (χ0v) is 20.5. The standard InChI is InChI=1S/C27H24F3N7O/c1-3-4-20(11-17(2)25-35-33-16-37(25)21-5-6-21)34-26(38)23-12-18(7-9-31-23)19-13-24-22(32-14-19)8-10-36(24)15-27(28,29)30/h3-4,7-14,16,21H,2,5-6,15H2,1H3,(H,34,38)/b4-3-,20-11+. The van der Waals surface area contributed by atoms with Gasteiger partial charge in [-0.2, -0.15) is 13.2 Å². The molecule has 0 aromatic carbocycles. The number of pyridine rings is 2. The van der Waals surface area contributed by atoms with Gasteiger partial charge in [0.05, 0.1) is 11.0 Å². The third-order valence-electron chi connectivity index (χ3n) is 6.03. The van der Waals surface area contributed by atoms with Crippen molar-refractivity contribution in [2.75, 3.05) is 0 Å². The van der Waals surface area contributed by atoms with E-state index in [2.05, 4.69) is 32.1 Å². The van der Waals surface area contributed by atoms with Crippen molar-refractivity contribution in [3.8, 4) is 11.1 Å². The van der Waals surface area contributed by atoms with Crippen LogP contribution in [0.1, 0.15) is 42.1 Å². The van der Waals surface area contributed by atoms with Crippen LogP contribution in [-0.2, 0) is 6.54 Å². The van der Waals surface area contributed by atoms with E-state index in [-0.39, 0.29) is 5.69 Å². The first kappa shape index (κ1) is 25.1. The summed E-state index contributed by atoms with van der Waals surface area (Å²) in [6.45, 7) is 4.80. The highest BCUT2D eigenvalue weighted by Crippen LogP contribution is 2.36. The summed E-state index contributed by atoms with van der Waals surface area (Å²) in [5, 5.41) is 11.0. The summed E-state index contributed by atoms with van der Waals surface area (Å²) >= 11 is 0. The number of nitrogens with zero attached hydrogens (tertiary/aromatic N) is 6. The van der Waals surface area contributed by atoms with Crippen molar-refractivity contribution in [2.45, 2.75) is 38.5 Å². The minimum absolute atomic E-state index is 0.135. The molecule has 1 amide bonds. The first-order valence-electron chi connectivity index (χ1n) is 11.9. The molecular weight excluding hydrogens is 495 g/mol. The fourth-order valence-electron chi connectivity index (χ4n) is 4.13. The lowest BCUT2D eigenvalue weighted by Gasteiger charge is -2.10. The van der Waals surface area contributed by atoms with E-state index in [0.717, 1.165) is 17.4 Å². The van der Waals surface area contributed by atoms with Crippen molar-refractivity contribution < 1.29 is 18.0 Å². The Bertz CT molecular complexity index is 1570. The summed E-state index contributed by atoms with van der Waals surface area (Å²) in [7, 11) is 0. The van der Waals surface area contributed by atoms with Crippen LogP contribution in [0.4, 0.5) is 13.2 Å². The van der Waals surface area contributed by atoms with Gasteiger partial charge in [0.1, 0.15) is 18.6 Å².